The van der Waals surface area contributed by atoms with E-state index in [1.54, 1.807) is 17.0 Å². The highest BCUT2D eigenvalue weighted by Gasteiger charge is 2.12. The van der Waals surface area contributed by atoms with E-state index in [4.69, 9.17) is 5.11 Å². The first-order chi connectivity index (χ1) is 9.95. The smallest absolute Gasteiger partial charge is 0.323 e. The lowest BCUT2D eigenvalue weighted by Crippen LogP contribution is -2.29. The van der Waals surface area contributed by atoms with E-state index in [1.807, 2.05) is 19.1 Å². The Balaban J connectivity index is 2.25. The lowest BCUT2D eigenvalue weighted by Gasteiger charge is -2.23. The molecular weight excluding hydrogens is 276 g/mol. The molecule has 0 atom stereocenters. The van der Waals surface area contributed by atoms with Crippen LogP contribution in [-0.2, 0) is 11.3 Å². The summed E-state index contributed by atoms with van der Waals surface area (Å²) >= 11 is 0. The number of nitrogens with zero attached hydrogens (tertiary/aromatic N) is 1. The largest absolute Gasteiger partial charge is 0.480 e. The normalized spacial score (nSPS) is 10.4. The molecule has 0 aliphatic heterocycles. The Hall–Kier alpha value is -2.43. The number of anilines is 1. The number of aliphatic carboxylic acids is 1. The van der Waals surface area contributed by atoms with Gasteiger partial charge in [-0.3, -0.25) is 4.79 Å². The molecule has 0 bridgehead atoms. The number of carboxylic acid groups (broad SMARTS) is 1. The molecule has 0 saturated carbocycles. The maximum atomic E-state index is 13.2. The second-order valence-electron chi connectivity index (χ2n) is 4.83. The molecule has 0 aliphatic rings. The molecule has 0 unspecified atom stereocenters. The van der Waals surface area contributed by atoms with Crippen LogP contribution in [0.2, 0.25) is 0 Å². The molecule has 3 nitrogen and oxygen atoms in total. The van der Waals surface area contributed by atoms with Gasteiger partial charge >= 0.3 is 5.97 Å². The SMILES string of the molecule is Cc1ccc(N(CC(=O)O)Cc2ccc(F)c(F)c2)cc1. The van der Waals surface area contributed by atoms with Crippen LogP contribution in [0, 0.1) is 18.6 Å². The van der Waals surface area contributed by atoms with Crippen molar-refractivity contribution in [1.29, 1.82) is 0 Å². The molecule has 2 aromatic carbocycles. The second kappa shape index (κ2) is 6.35. The van der Waals surface area contributed by atoms with E-state index >= 15 is 0 Å². The summed E-state index contributed by atoms with van der Waals surface area (Å²) in [5.41, 5.74) is 2.28. The van der Waals surface area contributed by atoms with Gasteiger partial charge in [0.1, 0.15) is 6.54 Å². The van der Waals surface area contributed by atoms with E-state index in [9.17, 15) is 13.6 Å². The molecule has 0 aliphatic carbocycles. The molecule has 0 radical (unpaired) electrons. The third-order valence-electron chi connectivity index (χ3n) is 3.08. The molecule has 1 N–H and O–H groups in total. The number of aryl methyl sites for hydroxylation is 1. The van der Waals surface area contributed by atoms with Crippen LogP contribution in [0.1, 0.15) is 11.1 Å². The first kappa shape index (κ1) is 15.0. The van der Waals surface area contributed by atoms with E-state index in [0.717, 1.165) is 17.7 Å². The van der Waals surface area contributed by atoms with Crippen molar-refractivity contribution in [1.82, 2.24) is 0 Å². The fourth-order valence-electron chi connectivity index (χ4n) is 2.02. The van der Waals surface area contributed by atoms with Crippen molar-refractivity contribution in [2.75, 3.05) is 11.4 Å². The van der Waals surface area contributed by atoms with E-state index in [1.165, 1.54) is 6.07 Å². The molecule has 0 fully saturated rings. The van der Waals surface area contributed by atoms with Gasteiger partial charge in [0.2, 0.25) is 0 Å². The lowest BCUT2D eigenvalue weighted by atomic mass is 10.1. The molecule has 0 heterocycles. The third-order valence-corrected chi connectivity index (χ3v) is 3.08. The Labute approximate surface area is 121 Å². The molecule has 2 rings (SSSR count). The van der Waals surface area contributed by atoms with Gasteiger partial charge in [0, 0.05) is 12.2 Å². The average Bonchev–Trinajstić information content (AvgIpc) is 2.42. The molecule has 0 saturated heterocycles. The van der Waals surface area contributed by atoms with E-state index < -0.39 is 17.6 Å². The Morgan fingerprint density at radius 1 is 1.10 bits per heavy atom. The molecular formula is C16H15F2NO2. The minimum absolute atomic E-state index is 0.187. The zero-order valence-electron chi connectivity index (χ0n) is 11.5. The number of halogens is 2. The summed E-state index contributed by atoms with van der Waals surface area (Å²) in [7, 11) is 0. The minimum Gasteiger partial charge on any atom is -0.480 e. The number of hydrogen-bond donors (Lipinski definition) is 1. The number of benzene rings is 2. The predicted octanol–water partition coefficient (Wildman–Crippen LogP) is 3.36. The summed E-state index contributed by atoms with van der Waals surface area (Å²) in [5.74, 6) is -2.84. The van der Waals surface area contributed by atoms with Crippen molar-refractivity contribution in [3.8, 4) is 0 Å². The summed E-state index contributed by atoms with van der Waals surface area (Å²) in [6, 6.07) is 10.9. The Morgan fingerprint density at radius 3 is 2.33 bits per heavy atom. The van der Waals surface area contributed by atoms with Gasteiger partial charge in [-0.2, -0.15) is 0 Å². The van der Waals surface area contributed by atoms with Crippen LogP contribution in [-0.4, -0.2) is 17.6 Å². The standard InChI is InChI=1S/C16H15F2NO2/c1-11-2-5-13(6-3-11)19(10-16(20)21)9-12-4-7-14(17)15(18)8-12/h2-8H,9-10H2,1H3,(H,20,21). The van der Waals surface area contributed by atoms with Gasteiger partial charge in [-0.05, 0) is 36.8 Å². The Bertz CT molecular complexity index is 641. The monoisotopic (exact) mass is 291 g/mol. The van der Waals surface area contributed by atoms with Gasteiger partial charge in [-0.25, -0.2) is 8.78 Å². The van der Waals surface area contributed by atoms with Crippen molar-refractivity contribution in [3.63, 3.8) is 0 Å². The quantitative estimate of drug-likeness (QED) is 0.918. The van der Waals surface area contributed by atoms with Gasteiger partial charge in [0.15, 0.2) is 11.6 Å². The fraction of sp³-hybridized carbons (Fsp3) is 0.188. The van der Waals surface area contributed by atoms with Crippen molar-refractivity contribution >= 4 is 11.7 Å². The van der Waals surface area contributed by atoms with E-state index in [-0.39, 0.29) is 13.1 Å². The van der Waals surface area contributed by atoms with Crippen molar-refractivity contribution in [2.45, 2.75) is 13.5 Å². The van der Waals surface area contributed by atoms with Crippen LogP contribution in [0.4, 0.5) is 14.5 Å². The third kappa shape index (κ3) is 4.02. The van der Waals surface area contributed by atoms with Crippen LogP contribution in [0.3, 0.4) is 0 Å². The van der Waals surface area contributed by atoms with Gasteiger partial charge in [-0.1, -0.05) is 23.8 Å². The minimum atomic E-state index is -0.988. The second-order valence-corrected chi connectivity index (χ2v) is 4.83. The maximum Gasteiger partial charge on any atom is 0.323 e. The van der Waals surface area contributed by atoms with Crippen LogP contribution in [0.15, 0.2) is 42.5 Å². The lowest BCUT2D eigenvalue weighted by molar-refractivity contribution is -0.135. The summed E-state index contributed by atoms with van der Waals surface area (Å²) in [4.78, 5) is 12.6. The van der Waals surface area contributed by atoms with Crippen molar-refractivity contribution < 1.29 is 18.7 Å². The first-order valence-electron chi connectivity index (χ1n) is 6.43. The van der Waals surface area contributed by atoms with Gasteiger partial charge in [0.25, 0.3) is 0 Å². The molecule has 0 spiro atoms. The highest BCUT2D eigenvalue weighted by atomic mass is 19.2. The fourth-order valence-corrected chi connectivity index (χ4v) is 2.02. The summed E-state index contributed by atoms with van der Waals surface area (Å²) in [5, 5.41) is 9.00. The zero-order chi connectivity index (χ0) is 15.4. The van der Waals surface area contributed by atoms with E-state index in [0.29, 0.717) is 11.3 Å². The molecule has 0 aromatic heterocycles. The molecule has 110 valence electrons. The number of hydrogen-bond acceptors (Lipinski definition) is 2. The van der Waals surface area contributed by atoms with E-state index in [2.05, 4.69) is 0 Å². The Kier molecular flexibility index (Phi) is 4.52. The topological polar surface area (TPSA) is 40.5 Å². The van der Waals surface area contributed by atoms with Crippen LogP contribution >= 0.6 is 0 Å². The molecule has 21 heavy (non-hydrogen) atoms. The van der Waals surface area contributed by atoms with Crippen LogP contribution in [0.25, 0.3) is 0 Å². The van der Waals surface area contributed by atoms with Crippen molar-refractivity contribution in [3.05, 3.63) is 65.2 Å². The summed E-state index contributed by atoms with van der Waals surface area (Å²) < 4.78 is 26.2. The van der Waals surface area contributed by atoms with Gasteiger partial charge in [-0.15, -0.1) is 0 Å². The van der Waals surface area contributed by atoms with Gasteiger partial charge < -0.3 is 10.0 Å². The maximum absolute atomic E-state index is 13.2. The molecule has 5 heteroatoms. The molecule has 2 aromatic rings. The van der Waals surface area contributed by atoms with Crippen molar-refractivity contribution in [2.24, 2.45) is 0 Å². The number of carbonyl (C=O) groups is 1. The Morgan fingerprint density at radius 2 is 1.76 bits per heavy atom. The number of carboxylic acids is 1. The zero-order valence-corrected chi connectivity index (χ0v) is 11.5. The first-order valence-corrected chi connectivity index (χ1v) is 6.43. The highest BCUT2D eigenvalue weighted by molar-refractivity contribution is 5.73. The van der Waals surface area contributed by atoms with Crippen LogP contribution < -0.4 is 4.90 Å². The predicted molar refractivity (Wildman–Crippen MR) is 76.2 cm³/mol. The van der Waals surface area contributed by atoms with Gasteiger partial charge in [0.05, 0.1) is 0 Å². The average molecular weight is 291 g/mol. The summed E-state index contributed by atoms with van der Waals surface area (Å²) in [6.07, 6.45) is 0. The highest BCUT2D eigenvalue weighted by Crippen LogP contribution is 2.19. The molecule has 0 amide bonds. The number of rotatable bonds is 5. The van der Waals surface area contributed by atoms with Crippen LogP contribution in [0.5, 0.6) is 0 Å². The summed E-state index contributed by atoms with van der Waals surface area (Å²) in [6.45, 7) is 1.90.